The van der Waals surface area contributed by atoms with Gasteiger partial charge in [0, 0.05) is 12.5 Å². The fraction of sp³-hybridized carbons (Fsp3) is 0.333. The lowest BCUT2D eigenvalue weighted by atomic mass is 9.94. The SMILES string of the molecule is O=C1CN(C(=O)C2CCN(Cc3ccccc3)CC2)c2ccccc2N1. The summed E-state index contributed by atoms with van der Waals surface area (Å²) < 4.78 is 0. The lowest BCUT2D eigenvalue weighted by molar-refractivity contribution is -0.125. The lowest BCUT2D eigenvalue weighted by Gasteiger charge is -2.36. The molecule has 0 atom stereocenters. The molecule has 0 radical (unpaired) electrons. The predicted molar refractivity (Wildman–Crippen MR) is 102 cm³/mol. The summed E-state index contributed by atoms with van der Waals surface area (Å²) in [4.78, 5) is 29.1. The van der Waals surface area contributed by atoms with Crippen LogP contribution in [0.3, 0.4) is 0 Å². The molecule has 0 bridgehead atoms. The number of anilines is 2. The van der Waals surface area contributed by atoms with Gasteiger partial charge in [-0.05, 0) is 43.6 Å². The van der Waals surface area contributed by atoms with Gasteiger partial charge in [-0.1, -0.05) is 42.5 Å². The number of nitrogens with one attached hydrogen (secondary N) is 1. The maximum absolute atomic E-state index is 13.1. The molecule has 2 aliphatic rings. The zero-order chi connectivity index (χ0) is 17.9. The Balaban J connectivity index is 1.40. The molecule has 1 saturated heterocycles. The third-order valence-corrected chi connectivity index (χ3v) is 5.22. The number of benzene rings is 2. The van der Waals surface area contributed by atoms with Gasteiger partial charge >= 0.3 is 0 Å². The zero-order valence-electron chi connectivity index (χ0n) is 14.7. The van der Waals surface area contributed by atoms with Crippen LogP contribution in [0.2, 0.25) is 0 Å². The molecule has 0 unspecified atom stereocenters. The van der Waals surface area contributed by atoms with E-state index in [0.717, 1.165) is 43.9 Å². The third kappa shape index (κ3) is 3.48. The van der Waals surface area contributed by atoms with Crippen molar-refractivity contribution >= 4 is 23.2 Å². The number of hydrogen-bond donors (Lipinski definition) is 1. The van der Waals surface area contributed by atoms with Crippen molar-refractivity contribution in [3.8, 4) is 0 Å². The molecule has 5 heteroatoms. The second-order valence-corrected chi connectivity index (χ2v) is 7.03. The Bertz CT molecular complexity index is 798. The Kier molecular flexibility index (Phi) is 4.71. The van der Waals surface area contributed by atoms with E-state index >= 15 is 0 Å². The van der Waals surface area contributed by atoms with Gasteiger partial charge in [-0.3, -0.25) is 14.5 Å². The van der Waals surface area contributed by atoms with Crippen LogP contribution in [0, 0.1) is 5.92 Å². The monoisotopic (exact) mass is 349 g/mol. The van der Waals surface area contributed by atoms with Crippen molar-refractivity contribution in [2.75, 3.05) is 29.9 Å². The van der Waals surface area contributed by atoms with E-state index in [9.17, 15) is 9.59 Å². The molecule has 1 N–H and O–H groups in total. The van der Waals surface area contributed by atoms with Gasteiger partial charge in [-0.25, -0.2) is 0 Å². The minimum absolute atomic E-state index is 0.0130. The molecule has 0 saturated carbocycles. The number of hydrogen-bond acceptors (Lipinski definition) is 3. The van der Waals surface area contributed by atoms with Gasteiger partial charge in [0.05, 0.1) is 11.4 Å². The van der Waals surface area contributed by atoms with E-state index in [0.29, 0.717) is 0 Å². The minimum atomic E-state index is -0.126. The molecular formula is C21H23N3O2. The van der Waals surface area contributed by atoms with Gasteiger partial charge < -0.3 is 10.2 Å². The number of piperidine rings is 1. The van der Waals surface area contributed by atoms with Crippen LogP contribution in [-0.4, -0.2) is 36.3 Å². The molecule has 2 heterocycles. The molecule has 2 aromatic rings. The largest absolute Gasteiger partial charge is 0.323 e. The average Bonchev–Trinajstić information content (AvgIpc) is 2.68. The first-order valence-electron chi connectivity index (χ1n) is 9.17. The van der Waals surface area contributed by atoms with Gasteiger partial charge in [0.25, 0.3) is 0 Å². The number of nitrogens with zero attached hydrogens (tertiary/aromatic N) is 2. The standard InChI is InChI=1S/C21H23N3O2/c25-20-15-24(19-9-5-4-8-18(19)22-20)21(26)17-10-12-23(13-11-17)14-16-6-2-1-3-7-16/h1-9,17H,10-15H2,(H,22,25). The Morgan fingerprint density at radius 3 is 2.46 bits per heavy atom. The van der Waals surface area contributed by atoms with Crippen molar-refractivity contribution in [3.05, 3.63) is 60.2 Å². The second kappa shape index (κ2) is 7.30. The van der Waals surface area contributed by atoms with Gasteiger partial charge in [-0.15, -0.1) is 0 Å². The highest BCUT2D eigenvalue weighted by molar-refractivity contribution is 6.10. The predicted octanol–water partition coefficient (Wildman–Crippen LogP) is 2.88. The second-order valence-electron chi connectivity index (χ2n) is 7.03. The molecule has 1 fully saturated rings. The summed E-state index contributed by atoms with van der Waals surface area (Å²) in [7, 11) is 0. The normalized spacial score (nSPS) is 18.3. The number of fused-ring (bicyclic) bond motifs is 1. The Labute approximate surface area is 153 Å². The van der Waals surface area contributed by atoms with Gasteiger partial charge in [0.15, 0.2) is 0 Å². The highest BCUT2D eigenvalue weighted by Gasteiger charge is 2.33. The van der Waals surface area contributed by atoms with Crippen LogP contribution in [0.1, 0.15) is 18.4 Å². The summed E-state index contributed by atoms with van der Waals surface area (Å²) in [6.45, 7) is 2.86. The number of para-hydroxylation sites is 2. The number of carbonyl (C=O) groups excluding carboxylic acids is 2. The van der Waals surface area contributed by atoms with E-state index in [2.05, 4.69) is 34.5 Å². The summed E-state index contributed by atoms with van der Waals surface area (Å²) in [5, 5.41) is 2.84. The molecule has 2 amide bonds. The molecule has 0 spiro atoms. The van der Waals surface area contributed by atoms with Crippen molar-refractivity contribution in [3.63, 3.8) is 0 Å². The average molecular weight is 349 g/mol. The summed E-state index contributed by atoms with van der Waals surface area (Å²) in [5.41, 5.74) is 2.83. The summed E-state index contributed by atoms with van der Waals surface area (Å²) in [6, 6.07) is 17.9. The quantitative estimate of drug-likeness (QED) is 0.927. The van der Waals surface area contributed by atoms with Crippen molar-refractivity contribution in [1.82, 2.24) is 4.90 Å². The number of amides is 2. The van der Waals surface area contributed by atoms with Gasteiger partial charge in [-0.2, -0.15) is 0 Å². The van der Waals surface area contributed by atoms with Crippen LogP contribution in [-0.2, 0) is 16.1 Å². The van der Waals surface area contributed by atoms with E-state index in [1.54, 1.807) is 4.90 Å². The van der Waals surface area contributed by atoms with Crippen molar-refractivity contribution in [2.24, 2.45) is 5.92 Å². The molecule has 2 aliphatic heterocycles. The fourth-order valence-corrected chi connectivity index (χ4v) is 3.83. The first kappa shape index (κ1) is 16.8. The summed E-state index contributed by atoms with van der Waals surface area (Å²) in [6.07, 6.45) is 1.68. The Morgan fingerprint density at radius 1 is 1.00 bits per heavy atom. The Hall–Kier alpha value is -2.66. The van der Waals surface area contributed by atoms with Crippen LogP contribution in [0.15, 0.2) is 54.6 Å². The molecular weight excluding hydrogens is 326 g/mol. The van der Waals surface area contributed by atoms with Crippen LogP contribution in [0.4, 0.5) is 11.4 Å². The molecule has 0 aromatic heterocycles. The third-order valence-electron chi connectivity index (χ3n) is 5.22. The highest BCUT2D eigenvalue weighted by Crippen LogP contribution is 2.31. The van der Waals surface area contributed by atoms with E-state index < -0.39 is 0 Å². The summed E-state index contributed by atoms with van der Waals surface area (Å²) in [5.74, 6) is -0.0637. The van der Waals surface area contributed by atoms with E-state index in [1.165, 1.54) is 5.56 Å². The minimum Gasteiger partial charge on any atom is -0.323 e. The van der Waals surface area contributed by atoms with E-state index in [1.807, 2.05) is 30.3 Å². The maximum atomic E-state index is 13.1. The van der Waals surface area contributed by atoms with Gasteiger partial charge in [0.1, 0.15) is 6.54 Å². The van der Waals surface area contributed by atoms with E-state index in [-0.39, 0.29) is 24.3 Å². The van der Waals surface area contributed by atoms with Crippen LogP contribution in [0.25, 0.3) is 0 Å². The van der Waals surface area contributed by atoms with Crippen LogP contribution in [0.5, 0.6) is 0 Å². The lowest BCUT2D eigenvalue weighted by Crippen LogP contribution is -2.47. The number of rotatable bonds is 3. The summed E-state index contributed by atoms with van der Waals surface area (Å²) >= 11 is 0. The van der Waals surface area contributed by atoms with Crippen molar-refractivity contribution in [1.29, 1.82) is 0 Å². The molecule has 134 valence electrons. The van der Waals surface area contributed by atoms with Crippen molar-refractivity contribution < 1.29 is 9.59 Å². The molecule has 4 rings (SSSR count). The van der Waals surface area contributed by atoms with Crippen molar-refractivity contribution in [2.45, 2.75) is 19.4 Å². The van der Waals surface area contributed by atoms with Crippen LogP contribution >= 0.6 is 0 Å². The zero-order valence-corrected chi connectivity index (χ0v) is 14.7. The topological polar surface area (TPSA) is 52.7 Å². The van der Waals surface area contributed by atoms with E-state index in [4.69, 9.17) is 0 Å². The number of carbonyl (C=O) groups is 2. The fourth-order valence-electron chi connectivity index (χ4n) is 3.83. The maximum Gasteiger partial charge on any atom is 0.244 e. The first-order valence-corrected chi connectivity index (χ1v) is 9.17. The molecule has 5 nitrogen and oxygen atoms in total. The molecule has 26 heavy (non-hydrogen) atoms. The molecule has 2 aromatic carbocycles. The number of likely N-dealkylation sites (tertiary alicyclic amines) is 1. The van der Waals surface area contributed by atoms with Gasteiger partial charge in [0.2, 0.25) is 11.8 Å². The Morgan fingerprint density at radius 2 is 1.69 bits per heavy atom. The highest BCUT2D eigenvalue weighted by atomic mass is 16.2. The smallest absolute Gasteiger partial charge is 0.244 e. The first-order chi connectivity index (χ1) is 12.7. The van der Waals surface area contributed by atoms with Crippen LogP contribution < -0.4 is 10.2 Å². The molecule has 0 aliphatic carbocycles.